The number of nitrogens with one attached hydrogen (secondary N) is 1. The molecular weight excluding hydrogens is 188 g/mol. The van der Waals surface area contributed by atoms with Crippen LogP contribution in [-0.4, -0.2) is 36.0 Å². The van der Waals surface area contributed by atoms with Gasteiger partial charge in [0.2, 0.25) is 0 Å². The maximum atomic E-state index is 8.08. The van der Waals surface area contributed by atoms with E-state index < -0.39 is 0 Å². The first-order valence-corrected chi connectivity index (χ1v) is 6.28. The molecule has 0 aromatic rings. The average molecular weight is 210 g/mol. The predicted molar refractivity (Wildman–Crippen MR) is 61.3 cm³/mol. The van der Waals surface area contributed by atoms with Gasteiger partial charge in [0.25, 0.3) is 0 Å². The number of hydrogen-bond acceptors (Lipinski definition) is 2. The third-order valence-corrected chi connectivity index (χ3v) is 3.57. The van der Waals surface area contributed by atoms with E-state index in [1.807, 2.05) is 0 Å². The van der Waals surface area contributed by atoms with Crippen molar-refractivity contribution in [2.75, 3.05) is 13.2 Å². The molecule has 3 heteroatoms. The normalized spacial score (nSPS) is 31.1. The van der Waals surface area contributed by atoms with Crippen molar-refractivity contribution in [3.05, 3.63) is 0 Å². The summed E-state index contributed by atoms with van der Waals surface area (Å²) in [5.74, 6) is 0.831. The quantitative estimate of drug-likeness (QED) is 0.561. The number of ether oxygens (including phenoxy) is 1. The van der Waals surface area contributed by atoms with Crippen LogP contribution in [0.25, 0.3) is 0 Å². The second-order valence-electron chi connectivity index (χ2n) is 4.65. The molecule has 1 aliphatic carbocycles. The molecular formula is C12H22N2O. The van der Waals surface area contributed by atoms with E-state index in [0.29, 0.717) is 12.1 Å². The molecule has 3 nitrogen and oxygen atoms in total. The number of amidine groups is 1. The van der Waals surface area contributed by atoms with Gasteiger partial charge in [-0.2, -0.15) is 0 Å². The van der Waals surface area contributed by atoms with E-state index in [-0.39, 0.29) is 0 Å². The van der Waals surface area contributed by atoms with E-state index in [1.165, 1.54) is 25.7 Å². The van der Waals surface area contributed by atoms with Crippen molar-refractivity contribution in [3.63, 3.8) is 0 Å². The monoisotopic (exact) mass is 210 g/mol. The molecule has 0 aromatic carbocycles. The van der Waals surface area contributed by atoms with E-state index in [2.05, 4.69) is 11.8 Å². The van der Waals surface area contributed by atoms with Gasteiger partial charge in [-0.1, -0.05) is 19.8 Å². The summed E-state index contributed by atoms with van der Waals surface area (Å²) < 4.78 is 5.80. The number of fused-ring (bicyclic) bond motifs is 1. The lowest BCUT2D eigenvalue weighted by atomic mass is 9.90. The van der Waals surface area contributed by atoms with Gasteiger partial charge >= 0.3 is 0 Å². The fraction of sp³-hybridized carbons (Fsp3) is 0.917. The van der Waals surface area contributed by atoms with Crippen LogP contribution in [0.1, 0.15) is 45.4 Å². The molecule has 0 radical (unpaired) electrons. The molecule has 1 saturated carbocycles. The molecule has 2 atom stereocenters. The van der Waals surface area contributed by atoms with Crippen molar-refractivity contribution >= 4 is 5.84 Å². The van der Waals surface area contributed by atoms with Gasteiger partial charge in [0.05, 0.1) is 24.6 Å². The van der Waals surface area contributed by atoms with Crippen LogP contribution in [0.15, 0.2) is 0 Å². The van der Waals surface area contributed by atoms with Crippen LogP contribution in [0, 0.1) is 5.41 Å². The second-order valence-corrected chi connectivity index (χ2v) is 4.65. The van der Waals surface area contributed by atoms with Crippen molar-refractivity contribution in [1.29, 1.82) is 5.41 Å². The summed E-state index contributed by atoms with van der Waals surface area (Å²) in [5.41, 5.74) is 0. The Bertz CT molecular complexity index is 228. The Kier molecular flexibility index (Phi) is 3.62. The van der Waals surface area contributed by atoms with Crippen LogP contribution >= 0.6 is 0 Å². The number of rotatable bonds is 2. The molecule has 1 saturated heterocycles. The molecule has 1 N–H and O–H groups in total. The van der Waals surface area contributed by atoms with Crippen molar-refractivity contribution in [2.24, 2.45) is 0 Å². The molecule has 86 valence electrons. The average Bonchev–Trinajstić information content (AvgIpc) is 2.28. The number of hydrogen-bond donors (Lipinski definition) is 1. The highest BCUT2D eigenvalue weighted by atomic mass is 16.5. The van der Waals surface area contributed by atoms with Crippen LogP contribution < -0.4 is 0 Å². The Morgan fingerprint density at radius 1 is 1.40 bits per heavy atom. The lowest BCUT2D eigenvalue weighted by Gasteiger charge is -2.45. The third-order valence-electron chi connectivity index (χ3n) is 3.57. The minimum atomic E-state index is 0.407. The molecule has 2 rings (SSSR count). The van der Waals surface area contributed by atoms with Gasteiger partial charge in [-0.05, 0) is 19.3 Å². The molecule has 0 aromatic heterocycles. The molecule has 1 aliphatic heterocycles. The highest BCUT2D eigenvalue weighted by molar-refractivity contribution is 5.79. The first-order valence-electron chi connectivity index (χ1n) is 6.28. The number of nitrogens with zero attached hydrogens (tertiary/aromatic N) is 1. The van der Waals surface area contributed by atoms with Crippen LogP contribution in [-0.2, 0) is 4.74 Å². The van der Waals surface area contributed by atoms with E-state index in [0.717, 1.165) is 31.8 Å². The molecule has 15 heavy (non-hydrogen) atoms. The summed E-state index contributed by atoms with van der Waals surface area (Å²) in [5, 5.41) is 8.08. The summed E-state index contributed by atoms with van der Waals surface area (Å²) >= 11 is 0. The Hall–Kier alpha value is -0.570. The lowest BCUT2D eigenvalue weighted by molar-refractivity contribution is -0.0645. The van der Waals surface area contributed by atoms with Gasteiger partial charge < -0.3 is 9.64 Å². The van der Waals surface area contributed by atoms with E-state index in [9.17, 15) is 0 Å². The fourth-order valence-corrected chi connectivity index (χ4v) is 2.81. The van der Waals surface area contributed by atoms with Crippen LogP contribution in [0.3, 0.4) is 0 Å². The Morgan fingerprint density at radius 2 is 2.20 bits per heavy atom. The zero-order valence-electron chi connectivity index (χ0n) is 9.67. The van der Waals surface area contributed by atoms with Gasteiger partial charge in [0.1, 0.15) is 0 Å². The zero-order chi connectivity index (χ0) is 10.7. The van der Waals surface area contributed by atoms with Crippen molar-refractivity contribution in [1.82, 2.24) is 4.90 Å². The molecule has 0 spiro atoms. The van der Waals surface area contributed by atoms with Crippen LogP contribution in [0.2, 0.25) is 0 Å². The molecule has 0 bridgehead atoms. The van der Waals surface area contributed by atoms with Gasteiger partial charge in [-0.3, -0.25) is 5.41 Å². The van der Waals surface area contributed by atoms with E-state index in [1.54, 1.807) is 0 Å². The summed E-state index contributed by atoms with van der Waals surface area (Å²) in [6, 6.07) is 0.506. The van der Waals surface area contributed by atoms with E-state index in [4.69, 9.17) is 10.1 Å². The van der Waals surface area contributed by atoms with Gasteiger partial charge in [0, 0.05) is 13.0 Å². The highest BCUT2D eigenvalue weighted by Gasteiger charge is 2.34. The fourth-order valence-electron chi connectivity index (χ4n) is 2.81. The number of morpholine rings is 1. The molecule has 2 unspecified atom stereocenters. The molecule has 2 fully saturated rings. The lowest BCUT2D eigenvalue weighted by Crippen LogP contribution is -2.54. The standard InChI is InChI=1S/C12H22N2O/c1-2-5-12(13)14-8-9-15-11-7-4-3-6-10(11)14/h10-11,13H,2-9H2,1H3. The van der Waals surface area contributed by atoms with Crippen molar-refractivity contribution in [2.45, 2.75) is 57.6 Å². The minimum Gasteiger partial charge on any atom is -0.374 e. The SMILES string of the molecule is CCCC(=N)N1CCOC2CCCCC21. The smallest absolute Gasteiger partial charge is 0.0961 e. The van der Waals surface area contributed by atoms with Crippen molar-refractivity contribution < 1.29 is 4.74 Å². The van der Waals surface area contributed by atoms with Crippen LogP contribution in [0.4, 0.5) is 0 Å². The molecule has 1 heterocycles. The first kappa shape index (κ1) is 10.9. The van der Waals surface area contributed by atoms with Crippen LogP contribution in [0.5, 0.6) is 0 Å². The zero-order valence-corrected chi connectivity index (χ0v) is 9.67. The minimum absolute atomic E-state index is 0.407. The van der Waals surface area contributed by atoms with E-state index >= 15 is 0 Å². The summed E-state index contributed by atoms with van der Waals surface area (Å²) in [6.45, 7) is 3.89. The Balaban J connectivity index is 2.00. The Labute approximate surface area is 92.3 Å². The maximum Gasteiger partial charge on any atom is 0.0961 e. The molecule has 2 aliphatic rings. The topological polar surface area (TPSA) is 36.3 Å². The van der Waals surface area contributed by atoms with Gasteiger partial charge in [0.15, 0.2) is 0 Å². The van der Waals surface area contributed by atoms with Gasteiger partial charge in [-0.25, -0.2) is 0 Å². The summed E-state index contributed by atoms with van der Waals surface area (Å²) in [7, 11) is 0. The first-order chi connectivity index (χ1) is 7.33. The van der Waals surface area contributed by atoms with Gasteiger partial charge in [-0.15, -0.1) is 0 Å². The second kappa shape index (κ2) is 4.97. The Morgan fingerprint density at radius 3 is 3.00 bits per heavy atom. The predicted octanol–water partition coefficient (Wildman–Crippen LogP) is 2.41. The maximum absolute atomic E-state index is 8.08. The summed E-state index contributed by atoms with van der Waals surface area (Å²) in [4.78, 5) is 2.30. The third kappa shape index (κ3) is 2.33. The van der Waals surface area contributed by atoms with Crippen molar-refractivity contribution in [3.8, 4) is 0 Å². The summed E-state index contributed by atoms with van der Waals surface area (Å²) in [6.07, 6.45) is 7.43. The highest BCUT2D eigenvalue weighted by Crippen LogP contribution is 2.28. The largest absolute Gasteiger partial charge is 0.374 e. The molecule has 0 amide bonds.